The van der Waals surface area contributed by atoms with Crippen LogP contribution in [0.15, 0.2) is 18.5 Å². The largest absolute Gasteiger partial charge is 0.339 e. The lowest BCUT2D eigenvalue weighted by Gasteiger charge is -2.32. The highest BCUT2D eigenvalue weighted by atomic mass is 16.2. The summed E-state index contributed by atoms with van der Waals surface area (Å²) >= 11 is 0. The molecule has 6 heteroatoms. The van der Waals surface area contributed by atoms with Crippen LogP contribution in [-0.2, 0) is 11.3 Å². The van der Waals surface area contributed by atoms with Crippen molar-refractivity contribution in [2.45, 2.75) is 19.5 Å². The Kier molecular flexibility index (Phi) is 4.93. The third-order valence-corrected chi connectivity index (χ3v) is 3.48. The Morgan fingerprint density at radius 2 is 2.11 bits per heavy atom. The maximum Gasteiger partial charge on any atom is 0.236 e. The van der Waals surface area contributed by atoms with Crippen molar-refractivity contribution in [1.29, 1.82) is 0 Å². The second-order valence-electron chi connectivity index (χ2n) is 5.19. The summed E-state index contributed by atoms with van der Waals surface area (Å²) in [7, 11) is 2.09. The quantitative estimate of drug-likeness (QED) is 0.789. The summed E-state index contributed by atoms with van der Waals surface area (Å²) in [6.45, 7) is 6.87. The highest BCUT2D eigenvalue weighted by Crippen LogP contribution is 1.99. The fourth-order valence-electron chi connectivity index (χ4n) is 2.18. The van der Waals surface area contributed by atoms with Crippen molar-refractivity contribution in [2.75, 3.05) is 39.8 Å². The molecule has 2 rings (SSSR count). The number of rotatable bonds is 5. The molecule has 0 spiro atoms. The third kappa shape index (κ3) is 4.33. The maximum absolute atomic E-state index is 12.0. The number of hydrogen-bond donors (Lipinski definition) is 1. The standard InChI is InChI=1S/C13H23N5O/c1-12(11-18-5-3-4-15-18)14-10-13(19)17-8-6-16(2)7-9-17/h3-5,12,14H,6-11H2,1-2H3. The molecule has 0 saturated carbocycles. The van der Waals surface area contributed by atoms with Gasteiger partial charge in [0, 0.05) is 44.6 Å². The zero-order chi connectivity index (χ0) is 13.7. The van der Waals surface area contributed by atoms with Crippen LogP contribution in [0.2, 0.25) is 0 Å². The number of piperazine rings is 1. The highest BCUT2D eigenvalue weighted by molar-refractivity contribution is 5.78. The molecule has 106 valence electrons. The normalized spacial score (nSPS) is 18.5. The maximum atomic E-state index is 12.0. The first-order valence-corrected chi connectivity index (χ1v) is 6.82. The van der Waals surface area contributed by atoms with Gasteiger partial charge in [-0.2, -0.15) is 5.10 Å². The summed E-state index contributed by atoms with van der Waals surface area (Å²) in [6, 6.07) is 2.14. The second kappa shape index (κ2) is 6.68. The van der Waals surface area contributed by atoms with E-state index >= 15 is 0 Å². The molecule has 1 atom stereocenters. The molecular formula is C13H23N5O. The van der Waals surface area contributed by atoms with E-state index in [-0.39, 0.29) is 11.9 Å². The SMILES string of the molecule is CC(Cn1cccn1)NCC(=O)N1CCN(C)CC1. The Morgan fingerprint density at radius 3 is 2.74 bits per heavy atom. The van der Waals surface area contributed by atoms with Gasteiger partial charge in [-0.05, 0) is 20.0 Å². The number of carbonyl (C=O) groups excluding carboxylic acids is 1. The number of nitrogens with one attached hydrogen (secondary N) is 1. The van der Waals surface area contributed by atoms with E-state index < -0.39 is 0 Å². The van der Waals surface area contributed by atoms with E-state index in [0.29, 0.717) is 6.54 Å². The molecule has 0 bridgehead atoms. The summed E-state index contributed by atoms with van der Waals surface area (Å²) in [4.78, 5) is 16.2. The van der Waals surface area contributed by atoms with Gasteiger partial charge in [0.05, 0.1) is 13.1 Å². The molecule has 0 aliphatic carbocycles. The average molecular weight is 265 g/mol. The van der Waals surface area contributed by atoms with E-state index in [2.05, 4.69) is 29.3 Å². The molecule has 1 fully saturated rings. The molecule has 1 aliphatic heterocycles. The van der Waals surface area contributed by atoms with Crippen molar-refractivity contribution in [3.05, 3.63) is 18.5 Å². The highest BCUT2D eigenvalue weighted by Gasteiger charge is 2.18. The third-order valence-electron chi connectivity index (χ3n) is 3.48. The van der Waals surface area contributed by atoms with Crippen LogP contribution >= 0.6 is 0 Å². The van der Waals surface area contributed by atoms with Gasteiger partial charge in [-0.25, -0.2) is 0 Å². The minimum absolute atomic E-state index is 0.195. The van der Waals surface area contributed by atoms with Gasteiger partial charge in [-0.1, -0.05) is 0 Å². The molecule has 2 heterocycles. The van der Waals surface area contributed by atoms with Crippen LogP contribution in [0.5, 0.6) is 0 Å². The number of likely N-dealkylation sites (N-methyl/N-ethyl adjacent to an activating group) is 1. The Labute approximate surface area is 114 Å². The average Bonchev–Trinajstić information content (AvgIpc) is 2.89. The molecule has 1 aliphatic rings. The fourth-order valence-corrected chi connectivity index (χ4v) is 2.18. The summed E-state index contributed by atoms with van der Waals surface area (Å²) in [5, 5.41) is 7.42. The van der Waals surface area contributed by atoms with Crippen molar-refractivity contribution in [3.63, 3.8) is 0 Å². The first kappa shape index (κ1) is 14.0. The van der Waals surface area contributed by atoms with Crippen LogP contribution in [0.1, 0.15) is 6.92 Å². The lowest BCUT2D eigenvalue weighted by Crippen LogP contribution is -2.50. The number of carbonyl (C=O) groups is 1. The Morgan fingerprint density at radius 1 is 1.37 bits per heavy atom. The van der Waals surface area contributed by atoms with Crippen molar-refractivity contribution in [2.24, 2.45) is 0 Å². The van der Waals surface area contributed by atoms with Gasteiger partial charge >= 0.3 is 0 Å². The van der Waals surface area contributed by atoms with Gasteiger partial charge in [0.2, 0.25) is 5.91 Å². The number of amides is 1. The molecule has 0 aromatic carbocycles. The first-order valence-electron chi connectivity index (χ1n) is 6.82. The van der Waals surface area contributed by atoms with E-state index in [0.717, 1.165) is 32.7 Å². The van der Waals surface area contributed by atoms with Crippen molar-refractivity contribution in [3.8, 4) is 0 Å². The zero-order valence-corrected chi connectivity index (χ0v) is 11.7. The van der Waals surface area contributed by atoms with Crippen molar-refractivity contribution >= 4 is 5.91 Å². The fraction of sp³-hybridized carbons (Fsp3) is 0.692. The number of hydrogen-bond acceptors (Lipinski definition) is 4. The summed E-state index contributed by atoms with van der Waals surface area (Å²) < 4.78 is 1.87. The molecule has 1 amide bonds. The summed E-state index contributed by atoms with van der Waals surface area (Å²) in [5.41, 5.74) is 0. The van der Waals surface area contributed by atoms with Crippen LogP contribution in [0.3, 0.4) is 0 Å². The molecular weight excluding hydrogens is 242 g/mol. The van der Waals surface area contributed by atoms with Crippen LogP contribution in [0.25, 0.3) is 0 Å². The Balaban J connectivity index is 1.68. The lowest BCUT2D eigenvalue weighted by molar-refractivity contribution is -0.131. The Hall–Kier alpha value is -1.40. The van der Waals surface area contributed by atoms with Crippen LogP contribution in [0, 0.1) is 0 Å². The smallest absolute Gasteiger partial charge is 0.236 e. The molecule has 6 nitrogen and oxygen atoms in total. The Bertz CT molecular complexity index is 384. The number of nitrogens with zero attached hydrogens (tertiary/aromatic N) is 4. The zero-order valence-electron chi connectivity index (χ0n) is 11.7. The van der Waals surface area contributed by atoms with E-state index in [1.54, 1.807) is 6.20 Å². The van der Waals surface area contributed by atoms with E-state index in [1.807, 2.05) is 21.8 Å². The van der Waals surface area contributed by atoms with Gasteiger partial charge in [-0.3, -0.25) is 9.48 Å². The van der Waals surface area contributed by atoms with Crippen LogP contribution in [0.4, 0.5) is 0 Å². The van der Waals surface area contributed by atoms with Crippen LogP contribution in [-0.4, -0.2) is 71.3 Å². The minimum atomic E-state index is 0.195. The molecule has 1 aromatic heterocycles. The van der Waals surface area contributed by atoms with E-state index in [1.165, 1.54) is 0 Å². The van der Waals surface area contributed by atoms with Gasteiger partial charge in [0.1, 0.15) is 0 Å². The van der Waals surface area contributed by atoms with E-state index in [4.69, 9.17) is 0 Å². The van der Waals surface area contributed by atoms with E-state index in [9.17, 15) is 4.79 Å². The van der Waals surface area contributed by atoms with Crippen LogP contribution < -0.4 is 5.32 Å². The van der Waals surface area contributed by atoms with Gasteiger partial charge in [0.15, 0.2) is 0 Å². The minimum Gasteiger partial charge on any atom is -0.339 e. The number of aromatic nitrogens is 2. The molecule has 1 unspecified atom stereocenters. The van der Waals surface area contributed by atoms with Gasteiger partial charge < -0.3 is 15.1 Å². The van der Waals surface area contributed by atoms with Gasteiger partial charge in [-0.15, -0.1) is 0 Å². The first-order chi connectivity index (χ1) is 9.15. The van der Waals surface area contributed by atoms with Crippen molar-refractivity contribution < 1.29 is 4.79 Å². The lowest BCUT2D eigenvalue weighted by atomic mass is 10.3. The molecule has 1 N–H and O–H groups in total. The summed E-state index contributed by atoms with van der Waals surface area (Å²) in [5.74, 6) is 0.195. The molecule has 1 saturated heterocycles. The molecule has 0 radical (unpaired) electrons. The monoisotopic (exact) mass is 265 g/mol. The topological polar surface area (TPSA) is 53.4 Å². The van der Waals surface area contributed by atoms with Crippen molar-refractivity contribution in [1.82, 2.24) is 24.9 Å². The molecule has 1 aromatic rings. The predicted molar refractivity (Wildman–Crippen MR) is 73.8 cm³/mol. The second-order valence-corrected chi connectivity index (χ2v) is 5.19. The molecule has 19 heavy (non-hydrogen) atoms. The summed E-state index contributed by atoms with van der Waals surface area (Å²) in [6.07, 6.45) is 3.70. The van der Waals surface area contributed by atoms with Gasteiger partial charge in [0.25, 0.3) is 0 Å². The predicted octanol–water partition coefficient (Wildman–Crippen LogP) is -0.365.